The fraction of sp³-hybridized carbons (Fsp3) is 0.432. The van der Waals surface area contributed by atoms with Crippen LogP contribution in [0, 0.1) is 12.8 Å². The smallest absolute Gasteiger partial charge is 0.274 e. The molecular weight excluding hydrogens is 680 g/mol. The average molecular weight is 725 g/mol. The molecule has 1 atom stereocenters. The molecule has 0 saturated carbocycles. The Morgan fingerprint density at radius 3 is 2.38 bits per heavy atom. The maximum absolute atomic E-state index is 14.4. The maximum Gasteiger partial charge on any atom is 0.274 e. The highest BCUT2D eigenvalue weighted by Gasteiger charge is 2.29. The molecule has 1 unspecified atom stereocenters. The molecule has 2 aliphatic heterocycles. The summed E-state index contributed by atoms with van der Waals surface area (Å²) >= 11 is 0. The van der Waals surface area contributed by atoms with E-state index in [1.54, 1.807) is 38.1 Å². The number of methoxy groups -OCH3 is 3. The van der Waals surface area contributed by atoms with Crippen molar-refractivity contribution in [1.82, 2.24) is 45.1 Å². The number of imidazole rings is 1. The number of aryl methyl sites for hydroxylation is 1. The zero-order valence-electron chi connectivity index (χ0n) is 30.4. The highest BCUT2D eigenvalue weighted by Crippen LogP contribution is 2.44. The van der Waals surface area contributed by atoms with Crippen molar-refractivity contribution in [3.8, 4) is 17.2 Å². The number of hydrogen-bond acceptors (Lipinski definition) is 11. The number of carbonyl (C=O) groups excluding carboxylic acids is 3. The zero-order chi connectivity index (χ0) is 37.1. The van der Waals surface area contributed by atoms with Gasteiger partial charge in [0.2, 0.25) is 17.6 Å². The van der Waals surface area contributed by atoms with Crippen molar-refractivity contribution in [3.63, 3.8) is 0 Å². The van der Waals surface area contributed by atoms with Crippen molar-refractivity contribution < 1.29 is 28.6 Å². The Hall–Kier alpha value is -5.93. The summed E-state index contributed by atoms with van der Waals surface area (Å²) < 4.78 is 17.2. The van der Waals surface area contributed by atoms with E-state index in [2.05, 4.69) is 30.4 Å². The number of anilines is 1. The number of carbonyl (C=O) groups is 3. The minimum atomic E-state index is -0.325. The molecule has 16 heteroatoms. The summed E-state index contributed by atoms with van der Waals surface area (Å²) in [6.07, 6.45) is 3.43. The van der Waals surface area contributed by atoms with Gasteiger partial charge in [-0.05, 0) is 43.9 Å². The largest absolute Gasteiger partial charge is 0.493 e. The summed E-state index contributed by atoms with van der Waals surface area (Å²) in [4.78, 5) is 60.8. The van der Waals surface area contributed by atoms with Gasteiger partial charge in [0.05, 0.1) is 33.2 Å². The van der Waals surface area contributed by atoms with E-state index >= 15 is 0 Å². The van der Waals surface area contributed by atoms with Gasteiger partial charge in [-0.15, -0.1) is 0 Å². The molecule has 3 amide bonds. The highest BCUT2D eigenvalue weighted by molar-refractivity contribution is 5.94. The number of aromatic nitrogens is 6. The number of nitrogens with zero attached hydrogens (tertiary/aromatic N) is 8. The van der Waals surface area contributed by atoms with E-state index in [-0.39, 0.29) is 68.5 Å². The van der Waals surface area contributed by atoms with E-state index in [9.17, 15) is 14.4 Å². The first kappa shape index (κ1) is 35.5. The van der Waals surface area contributed by atoms with Crippen LogP contribution in [0.5, 0.6) is 17.2 Å². The number of piperidine rings is 1. The normalized spacial score (nSPS) is 17.2. The third kappa shape index (κ3) is 7.39. The van der Waals surface area contributed by atoms with E-state index in [0.29, 0.717) is 58.0 Å². The fourth-order valence-corrected chi connectivity index (χ4v) is 7.19. The molecule has 2 aliphatic rings. The average Bonchev–Trinajstić information content (AvgIpc) is 3.80. The topological polar surface area (TPSA) is 173 Å². The molecule has 53 heavy (non-hydrogen) atoms. The molecular formula is C37H44N10O6. The molecule has 0 radical (unpaired) electrons. The summed E-state index contributed by atoms with van der Waals surface area (Å²) in [7, 11) is 4.69. The zero-order valence-corrected chi connectivity index (χ0v) is 30.4. The molecule has 7 rings (SSSR count). The van der Waals surface area contributed by atoms with Gasteiger partial charge in [-0.3, -0.25) is 14.4 Å². The first-order chi connectivity index (χ1) is 25.8. The van der Waals surface area contributed by atoms with Crippen LogP contribution in [0.4, 0.5) is 5.82 Å². The van der Waals surface area contributed by atoms with Crippen molar-refractivity contribution in [1.29, 1.82) is 0 Å². The van der Waals surface area contributed by atoms with Gasteiger partial charge in [-0.1, -0.05) is 12.1 Å². The molecule has 0 aliphatic carbocycles. The van der Waals surface area contributed by atoms with Crippen LogP contribution >= 0.6 is 0 Å². The molecule has 5 heterocycles. The predicted octanol–water partition coefficient (Wildman–Crippen LogP) is 2.94. The van der Waals surface area contributed by atoms with Crippen LogP contribution < -0.4 is 24.4 Å². The van der Waals surface area contributed by atoms with E-state index in [4.69, 9.17) is 19.2 Å². The van der Waals surface area contributed by atoms with Crippen molar-refractivity contribution in [2.75, 3.05) is 65.5 Å². The molecule has 5 aromatic rings. The first-order valence-corrected chi connectivity index (χ1v) is 17.8. The summed E-state index contributed by atoms with van der Waals surface area (Å²) in [6, 6.07) is 11.3. The van der Waals surface area contributed by atoms with Crippen LogP contribution in [-0.2, 0) is 22.7 Å². The number of pyridine rings is 1. The van der Waals surface area contributed by atoms with Crippen molar-refractivity contribution in [3.05, 3.63) is 59.7 Å². The van der Waals surface area contributed by atoms with E-state index < -0.39 is 0 Å². The lowest BCUT2D eigenvalue weighted by Gasteiger charge is -2.35. The minimum Gasteiger partial charge on any atom is -0.493 e. The van der Waals surface area contributed by atoms with Crippen LogP contribution in [0.25, 0.3) is 21.9 Å². The Bertz CT molecular complexity index is 2110. The number of H-pyrrole nitrogens is 1. The number of fused-ring (bicyclic) bond motifs is 6. The van der Waals surface area contributed by atoms with E-state index in [0.717, 1.165) is 30.8 Å². The highest BCUT2D eigenvalue weighted by atomic mass is 16.5. The Morgan fingerprint density at radius 2 is 1.68 bits per heavy atom. The van der Waals surface area contributed by atoms with E-state index in [1.807, 2.05) is 36.4 Å². The van der Waals surface area contributed by atoms with Crippen molar-refractivity contribution in [2.45, 2.75) is 39.3 Å². The molecule has 3 aromatic heterocycles. The van der Waals surface area contributed by atoms with E-state index in [1.165, 1.54) is 11.1 Å². The maximum atomic E-state index is 14.4. The van der Waals surface area contributed by atoms with Crippen LogP contribution in [0.1, 0.15) is 41.0 Å². The predicted molar refractivity (Wildman–Crippen MR) is 196 cm³/mol. The number of benzene rings is 2. The number of hydrogen-bond donors (Lipinski definition) is 2. The van der Waals surface area contributed by atoms with Crippen LogP contribution in [0.15, 0.2) is 42.7 Å². The first-order valence-electron chi connectivity index (χ1n) is 17.8. The summed E-state index contributed by atoms with van der Waals surface area (Å²) in [5.41, 5.74) is 3.68. The Labute approximate surface area is 306 Å². The van der Waals surface area contributed by atoms with Crippen molar-refractivity contribution >= 4 is 45.5 Å². The lowest BCUT2D eigenvalue weighted by molar-refractivity contribution is -0.133. The molecule has 2 aromatic carbocycles. The van der Waals surface area contributed by atoms with Gasteiger partial charge in [0, 0.05) is 74.9 Å². The van der Waals surface area contributed by atoms with Gasteiger partial charge < -0.3 is 39.2 Å². The van der Waals surface area contributed by atoms with Crippen LogP contribution in [0.2, 0.25) is 0 Å². The minimum absolute atomic E-state index is 0.111. The monoisotopic (exact) mass is 724 g/mol. The lowest BCUT2D eigenvalue weighted by atomic mass is 9.97. The number of rotatable bonds is 6. The van der Waals surface area contributed by atoms with Crippen molar-refractivity contribution in [2.24, 2.45) is 5.92 Å². The Balaban J connectivity index is 1.33. The van der Waals surface area contributed by atoms with Gasteiger partial charge >= 0.3 is 0 Å². The molecule has 1 fully saturated rings. The summed E-state index contributed by atoms with van der Waals surface area (Å²) in [6.45, 7) is 4.19. The third-order valence-electron chi connectivity index (χ3n) is 9.97. The number of nitrogens with one attached hydrogen (secondary N) is 2. The third-order valence-corrected chi connectivity index (χ3v) is 9.97. The van der Waals surface area contributed by atoms with Gasteiger partial charge in [0.15, 0.2) is 11.5 Å². The van der Waals surface area contributed by atoms with Gasteiger partial charge in [0.25, 0.3) is 5.91 Å². The SMILES string of the molecule is COc1cc2nc3c(cc2c(OC)c1OC)CN(C(=O)Cn1nc2ccccc2n1)CCN(C(=O)c1nc[nH]c1C)CCC(=O)NCC1CCCN3C1. The standard InChI is InChI=1S/C37H44N10O6/c1-23-33(40-22-39-23)37(50)44-13-11-31(48)38-18-24-8-7-12-46(19-24)36-25(16-26-29(41-36)17-30(51-2)35(53-4)34(26)52-3)20-45(15-14-44)32(49)21-47-42-27-9-5-6-10-28(27)43-47/h5-6,9-10,16-17,22,24H,7-8,11-15,18-21H2,1-4H3,(H,38,48)(H,39,40). The second-order valence-electron chi connectivity index (χ2n) is 13.4. The number of aromatic amines is 1. The van der Waals surface area contributed by atoms with Gasteiger partial charge in [-0.2, -0.15) is 15.0 Å². The molecule has 0 spiro atoms. The number of ether oxygens (including phenoxy) is 3. The van der Waals surface area contributed by atoms with Crippen LogP contribution in [-0.4, -0.2) is 118 Å². The molecule has 1 saturated heterocycles. The molecule has 2 bridgehead atoms. The summed E-state index contributed by atoms with van der Waals surface area (Å²) in [5.74, 6) is 1.55. The fourth-order valence-electron chi connectivity index (χ4n) is 7.19. The molecule has 2 N–H and O–H groups in total. The number of amides is 3. The quantitative estimate of drug-likeness (QED) is 0.264. The van der Waals surface area contributed by atoms with Gasteiger partial charge in [0.1, 0.15) is 29.1 Å². The second-order valence-corrected chi connectivity index (χ2v) is 13.4. The van der Waals surface area contributed by atoms with Gasteiger partial charge in [-0.25, -0.2) is 9.97 Å². The lowest BCUT2D eigenvalue weighted by Crippen LogP contribution is -2.43. The molecule has 16 nitrogen and oxygen atoms in total. The second kappa shape index (κ2) is 15.4. The molecule has 278 valence electrons. The summed E-state index contributed by atoms with van der Waals surface area (Å²) in [5, 5.41) is 12.9. The van der Waals surface area contributed by atoms with Crippen LogP contribution in [0.3, 0.4) is 0 Å². The Morgan fingerprint density at radius 1 is 0.925 bits per heavy atom. The Kier molecular flexibility index (Phi) is 10.3.